The number of ether oxygens (including phenoxy) is 2. The number of halogens is 1. The minimum Gasteiger partial charge on any atom is -0.490 e. The summed E-state index contributed by atoms with van der Waals surface area (Å²) in [6, 6.07) is 13.8. The van der Waals surface area contributed by atoms with Gasteiger partial charge < -0.3 is 13.9 Å². The maximum absolute atomic E-state index is 13.9. The molecule has 1 aromatic heterocycles. The van der Waals surface area contributed by atoms with Gasteiger partial charge in [0.2, 0.25) is 5.76 Å². The van der Waals surface area contributed by atoms with Crippen LogP contribution in [0.2, 0.25) is 0 Å². The molecule has 1 aliphatic heterocycles. The average molecular weight is 502 g/mol. The third-order valence-electron chi connectivity index (χ3n) is 6.64. The van der Waals surface area contributed by atoms with Gasteiger partial charge in [-0.15, -0.1) is 0 Å². The van der Waals surface area contributed by atoms with E-state index in [1.807, 2.05) is 33.8 Å². The van der Waals surface area contributed by atoms with Gasteiger partial charge in [0, 0.05) is 5.69 Å². The lowest BCUT2D eigenvalue weighted by atomic mass is 9.97. The lowest BCUT2D eigenvalue weighted by Gasteiger charge is -2.26. The van der Waals surface area contributed by atoms with Crippen LogP contribution in [0.25, 0.3) is 11.0 Å². The zero-order valence-corrected chi connectivity index (χ0v) is 21.3. The Labute approximate surface area is 214 Å². The topological polar surface area (TPSA) is 69.0 Å². The largest absolute Gasteiger partial charge is 0.490 e. The standard InChI is InChI=1S/C30H28FNO5/c1-5-13-36-23-12-7-19(16-25(23)35-6-2)27-26-28(33)22-14-17(3)18(4)15-24(22)37-29(26)30(34)32(27)21-10-8-20(31)9-11-21/h7-12,14-16,27H,5-6,13H2,1-4H3. The third kappa shape index (κ3) is 4.24. The van der Waals surface area contributed by atoms with Crippen molar-refractivity contribution in [3.8, 4) is 11.5 Å². The molecule has 1 atom stereocenters. The summed E-state index contributed by atoms with van der Waals surface area (Å²) < 4.78 is 31.6. The van der Waals surface area contributed by atoms with Gasteiger partial charge in [-0.2, -0.15) is 0 Å². The molecule has 0 fully saturated rings. The van der Waals surface area contributed by atoms with E-state index in [0.29, 0.717) is 46.9 Å². The molecule has 3 aromatic carbocycles. The predicted molar refractivity (Wildman–Crippen MR) is 140 cm³/mol. The summed E-state index contributed by atoms with van der Waals surface area (Å²) in [6.45, 7) is 8.69. The molecule has 0 N–H and O–H groups in total. The molecule has 1 aliphatic rings. The number of hydrogen-bond donors (Lipinski definition) is 0. The molecular weight excluding hydrogens is 473 g/mol. The molecule has 0 spiro atoms. The first kappa shape index (κ1) is 24.6. The van der Waals surface area contributed by atoms with Crippen LogP contribution in [-0.4, -0.2) is 19.1 Å². The molecule has 37 heavy (non-hydrogen) atoms. The molecule has 190 valence electrons. The quantitative estimate of drug-likeness (QED) is 0.290. The van der Waals surface area contributed by atoms with Crippen molar-refractivity contribution in [2.24, 2.45) is 0 Å². The maximum atomic E-state index is 13.9. The van der Waals surface area contributed by atoms with Crippen LogP contribution in [0.1, 0.15) is 59.1 Å². The Hall–Kier alpha value is -4.13. The molecular formula is C30H28FNO5. The van der Waals surface area contributed by atoms with Gasteiger partial charge in [0.15, 0.2) is 16.9 Å². The molecule has 0 saturated carbocycles. The van der Waals surface area contributed by atoms with Crippen LogP contribution in [0.3, 0.4) is 0 Å². The van der Waals surface area contributed by atoms with Crippen molar-refractivity contribution >= 4 is 22.6 Å². The number of carbonyl (C=O) groups excluding carboxylic acids is 1. The van der Waals surface area contributed by atoms with Gasteiger partial charge in [-0.25, -0.2) is 4.39 Å². The fraction of sp³-hybridized carbons (Fsp3) is 0.267. The lowest BCUT2D eigenvalue weighted by Crippen LogP contribution is -2.29. The van der Waals surface area contributed by atoms with Gasteiger partial charge in [-0.3, -0.25) is 14.5 Å². The number of rotatable bonds is 7. The van der Waals surface area contributed by atoms with Crippen molar-refractivity contribution in [3.05, 3.63) is 98.7 Å². The monoisotopic (exact) mass is 501 g/mol. The number of carbonyl (C=O) groups is 1. The van der Waals surface area contributed by atoms with Crippen molar-refractivity contribution in [1.82, 2.24) is 0 Å². The highest BCUT2D eigenvalue weighted by molar-refractivity contribution is 6.10. The first-order valence-electron chi connectivity index (χ1n) is 12.4. The normalized spacial score (nSPS) is 14.8. The molecule has 2 heterocycles. The highest BCUT2D eigenvalue weighted by atomic mass is 19.1. The van der Waals surface area contributed by atoms with Crippen molar-refractivity contribution in [2.45, 2.75) is 40.2 Å². The summed E-state index contributed by atoms with van der Waals surface area (Å²) in [5, 5.41) is 0.411. The van der Waals surface area contributed by atoms with E-state index in [-0.39, 0.29) is 16.8 Å². The molecule has 1 amide bonds. The van der Waals surface area contributed by atoms with Crippen LogP contribution in [0.4, 0.5) is 10.1 Å². The molecule has 0 bridgehead atoms. The Morgan fingerprint density at radius 3 is 2.35 bits per heavy atom. The summed E-state index contributed by atoms with van der Waals surface area (Å²) >= 11 is 0. The SMILES string of the molecule is CCCOc1ccc(C2c3c(oc4cc(C)c(C)cc4c3=O)C(=O)N2c2ccc(F)cc2)cc1OCC. The number of hydrogen-bond acceptors (Lipinski definition) is 5. The number of anilines is 1. The number of aryl methyl sites for hydroxylation is 2. The third-order valence-corrected chi connectivity index (χ3v) is 6.64. The van der Waals surface area contributed by atoms with Crippen molar-refractivity contribution < 1.29 is 23.1 Å². The second-order valence-corrected chi connectivity index (χ2v) is 9.15. The van der Waals surface area contributed by atoms with Crippen LogP contribution in [0, 0.1) is 19.7 Å². The fourth-order valence-electron chi connectivity index (χ4n) is 4.71. The second kappa shape index (κ2) is 9.73. The van der Waals surface area contributed by atoms with Gasteiger partial charge in [0.25, 0.3) is 5.91 Å². The molecule has 6 nitrogen and oxygen atoms in total. The Kier molecular flexibility index (Phi) is 6.46. The number of fused-ring (bicyclic) bond motifs is 2. The van der Waals surface area contributed by atoms with E-state index >= 15 is 0 Å². The first-order chi connectivity index (χ1) is 17.8. The highest BCUT2D eigenvalue weighted by Crippen LogP contribution is 2.43. The summed E-state index contributed by atoms with van der Waals surface area (Å²) in [4.78, 5) is 29.2. The summed E-state index contributed by atoms with van der Waals surface area (Å²) in [5.74, 6) is 0.200. The molecule has 4 aromatic rings. The smallest absolute Gasteiger partial charge is 0.295 e. The van der Waals surface area contributed by atoms with Gasteiger partial charge in [-0.05, 0) is 92.4 Å². The van der Waals surface area contributed by atoms with Gasteiger partial charge in [-0.1, -0.05) is 13.0 Å². The number of benzene rings is 3. The Morgan fingerprint density at radius 2 is 1.65 bits per heavy atom. The molecule has 0 radical (unpaired) electrons. The van der Waals surface area contributed by atoms with Gasteiger partial charge >= 0.3 is 0 Å². The predicted octanol–water partition coefficient (Wildman–Crippen LogP) is 6.49. The van der Waals surface area contributed by atoms with Crippen molar-refractivity contribution in [3.63, 3.8) is 0 Å². The van der Waals surface area contributed by atoms with Gasteiger partial charge in [0.1, 0.15) is 11.4 Å². The molecule has 0 saturated heterocycles. The van der Waals surface area contributed by atoms with Gasteiger partial charge in [0.05, 0.1) is 30.2 Å². The van der Waals surface area contributed by atoms with Crippen LogP contribution < -0.4 is 19.8 Å². The molecule has 1 unspecified atom stereocenters. The highest BCUT2D eigenvalue weighted by Gasteiger charge is 2.44. The molecule has 0 aliphatic carbocycles. The Bertz CT molecular complexity index is 1560. The van der Waals surface area contributed by atoms with Crippen molar-refractivity contribution in [1.29, 1.82) is 0 Å². The lowest BCUT2D eigenvalue weighted by molar-refractivity contribution is 0.0971. The van der Waals surface area contributed by atoms with E-state index in [1.54, 1.807) is 24.3 Å². The maximum Gasteiger partial charge on any atom is 0.295 e. The Morgan fingerprint density at radius 1 is 0.919 bits per heavy atom. The zero-order valence-electron chi connectivity index (χ0n) is 21.3. The average Bonchev–Trinajstić information content (AvgIpc) is 3.17. The van der Waals surface area contributed by atoms with E-state index in [0.717, 1.165) is 17.5 Å². The second-order valence-electron chi connectivity index (χ2n) is 9.15. The Balaban J connectivity index is 1.76. The van der Waals surface area contributed by atoms with Crippen molar-refractivity contribution in [2.75, 3.05) is 18.1 Å². The van der Waals surface area contributed by atoms with E-state index in [1.165, 1.54) is 29.2 Å². The molecule has 5 rings (SSSR count). The van der Waals surface area contributed by atoms with E-state index in [2.05, 4.69) is 0 Å². The molecule has 7 heteroatoms. The number of amides is 1. The van der Waals surface area contributed by atoms with E-state index in [9.17, 15) is 14.0 Å². The number of nitrogens with zero attached hydrogens (tertiary/aromatic N) is 1. The van der Waals surface area contributed by atoms with E-state index in [4.69, 9.17) is 13.9 Å². The summed E-state index contributed by atoms with van der Waals surface area (Å²) in [5.41, 5.74) is 3.34. The van der Waals surface area contributed by atoms with Crippen LogP contribution in [-0.2, 0) is 0 Å². The fourth-order valence-corrected chi connectivity index (χ4v) is 4.71. The first-order valence-corrected chi connectivity index (χ1v) is 12.4. The zero-order chi connectivity index (χ0) is 26.3. The minimum absolute atomic E-state index is 0.0145. The van der Waals surface area contributed by atoms with Crippen LogP contribution >= 0.6 is 0 Å². The van der Waals surface area contributed by atoms with Crippen LogP contribution in [0.5, 0.6) is 11.5 Å². The van der Waals surface area contributed by atoms with Crippen LogP contribution in [0.15, 0.2) is 63.8 Å². The van der Waals surface area contributed by atoms with E-state index < -0.39 is 17.8 Å². The minimum atomic E-state index is -0.797. The summed E-state index contributed by atoms with van der Waals surface area (Å²) in [7, 11) is 0. The summed E-state index contributed by atoms with van der Waals surface area (Å²) in [6.07, 6.45) is 0.836.